The summed E-state index contributed by atoms with van der Waals surface area (Å²) in [4.78, 5) is 39.0. The van der Waals surface area contributed by atoms with Crippen LogP contribution in [0.5, 0.6) is 11.5 Å². The maximum atomic E-state index is 13.0. The van der Waals surface area contributed by atoms with E-state index in [9.17, 15) is 14.4 Å². The number of anilines is 2. The number of nitrogens with zero attached hydrogens (tertiary/aromatic N) is 1. The van der Waals surface area contributed by atoms with Gasteiger partial charge in [0, 0.05) is 10.7 Å². The predicted molar refractivity (Wildman–Crippen MR) is 130 cm³/mol. The SMILES string of the molecule is COc1ccccc1N1C(=O)C(Cl)=C(Nc2ccc(C(=O)Oc3ccc(Cl)cc3Cl)cc2)C1=O. The molecule has 7 nitrogen and oxygen atoms in total. The van der Waals surface area contributed by atoms with E-state index < -0.39 is 17.8 Å². The van der Waals surface area contributed by atoms with Gasteiger partial charge in [0.1, 0.15) is 22.2 Å². The standard InChI is InChI=1S/C24H15Cl3N2O5/c1-33-19-5-3-2-4-17(19)29-22(30)20(27)21(23(29)31)28-15-9-6-13(7-10-15)24(32)34-18-11-8-14(25)12-16(18)26/h2-12,28H,1H3. The van der Waals surface area contributed by atoms with Crippen molar-refractivity contribution >= 4 is 64.0 Å². The van der Waals surface area contributed by atoms with E-state index in [1.54, 1.807) is 42.5 Å². The van der Waals surface area contributed by atoms with E-state index in [0.717, 1.165) is 4.90 Å². The van der Waals surface area contributed by atoms with Gasteiger partial charge in [-0.1, -0.05) is 46.9 Å². The lowest BCUT2D eigenvalue weighted by molar-refractivity contribution is -0.120. The van der Waals surface area contributed by atoms with Crippen LogP contribution in [0.15, 0.2) is 77.5 Å². The van der Waals surface area contributed by atoms with Crippen LogP contribution >= 0.6 is 34.8 Å². The number of halogens is 3. The molecule has 3 aromatic rings. The first kappa shape index (κ1) is 23.6. The van der Waals surface area contributed by atoms with Gasteiger partial charge in [-0.15, -0.1) is 0 Å². The molecule has 10 heteroatoms. The molecule has 0 atom stereocenters. The fourth-order valence-electron chi connectivity index (χ4n) is 3.20. The monoisotopic (exact) mass is 516 g/mol. The first-order valence-corrected chi connectivity index (χ1v) is 10.9. The molecule has 1 aliphatic heterocycles. The second-order valence-electron chi connectivity index (χ2n) is 6.97. The lowest BCUT2D eigenvalue weighted by atomic mass is 10.2. The fourth-order valence-corrected chi connectivity index (χ4v) is 3.86. The summed E-state index contributed by atoms with van der Waals surface area (Å²) < 4.78 is 10.5. The van der Waals surface area contributed by atoms with Crippen LogP contribution in [0, 0.1) is 0 Å². The van der Waals surface area contributed by atoms with Crippen LogP contribution in [-0.4, -0.2) is 24.9 Å². The molecule has 0 bridgehead atoms. The topological polar surface area (TPSA) is 84.9 Å². The summed E-state index contributed by atoms with van der Waals surface area (Å²) in [6.45, 7) is 0. The number of carbonyl (C=O) groups is 3. The summed E-state index contributed by atoms with van der Waals surface area (Å²) in [6, 6.07) is 17.2. The molecule has 0 aromatic heterocycles. The number of para-hydroxylation sites is 2. The number of hydrogen-bond acceptors (Lipinski definition) is 6. The van der Waals surface area contributed by atoms with Crippen molar-refractivity contribution in [1.82, 2.24) is 0 Å². The molecule has 34 heavy (non-hydrogen) atoms. The minimum Gasteiger partial charge on any atom is -0.495 e. The summed E-state index contributed by atoms with van der Waals surface area (Å²) in [5.74, 6) is -1.44. The Bertz CT molecular complexity index is 1340. The number of methoxy groups -OCH3 is 1. The molecule has 1 N–H and O–H groups in total. The van der Waals surface area contributed by atoms with E-state index in [4.69, 9.17) is 44.3 Å². The second-order valence-corrected chi connectivity index (χ2v) is 8.19. The normalized spacial score (nSPS) is 13.4. The first-order chi connectivity index (χ1) is 16.3. The Kier molecular flexibility index (Phi) is 6.79. The van der Waals surface area contributed by atoms with Crippen molar-refractivity contribution in [3.63, 3.8) is 0 Å². The molecular formula is C24H15Cl3N2O5. The number of amides is 2. The Morgan fingerprint density at radius 1 is 0.882 bits per heavy atom. The zero-order valence-corrected chi connectivity index (χ0v) is 19.7. The third-order valence-electron chi connectivity index (χ3n) is 4.84. The Labute approximate surface area is 209 Å². The van der Waals surface area contributed by atoms with Crippen molar-refractivity contribution in [3.05, 3.63) is 93.1 Å². The lowest BCUT2D eigenvalue weighted by Crippen LogP contribution is -2.32. The van der Waals surface area contributed by atoms with Gasteiger partial charge in [-0.05, 0) is 54.6 Å². The molecule has 1 heterocycles. The summed E-state index contributed by atoms with van der Waals surface area (Å²) in [6.07, 6.45) is 0. The minimum absolute atomic E-state index is 0.0964. The van der Waals surface area contributed by atoms with Gasteiger partial charge in [0.15, 0.2) is 0 Å². The third kappa shape index (κ3) is 4.59. The number of rotatable bonds is 6. The number of imide groups is 1. The van der Waals surface area contributed by atoms with Crippen LogP contribution in [0.2, 0.25) is 10.0 Å². The van der Waals surface area contributed by atoms with Crippen molar-refractivity contribution in [2.24, 2.45) is 0 Å². The Hall–Kier alpha value is -3.52. The highest BCUT2D eigenvalue weighted by Crippen LogP contribution is 2.35. The van der Waals surface area contributed by atoms with Crippen LogP contribution in [0.25, 0.3) is 0 Å². The molecule has 0 unspecified atom stereocenters. The number of carbonyl (C=O) groups excluding carboxylic acids is 3. The van der Waals surface area contributed by atoms with Crippen molar-refractivity contribution in [2.75, 3.05) is 17.3 Å². The average molecular weight is 518 g/mol. The second kappa shape index (κ2) is 9.77. The number of nitrogens with one attached hydrogen (secondary N) is 1. The molecule has 0 aliphatic carbocycles. The van der Waals surface area contributed by atoms with E-state index in [2.05, 4.69) is 5.32 Å². The van der Waals surface area contributed by atoms with E-state index >= 15 is 0 Å². The summed E-state index contributed by atoms with van der Waals surface area (Å²) in [5.41, 5.74) is 0.841. The minimum atomic E-state index is -0.682. The maximum Gasteiger partial charge on any atom is 0.343 e. The Balaban J connectivity index is 1.50. The van der Waals surface area contributed by atoms with E-state index in [1.165, 1.54) is 31.4 Å². The lowest BCUT2D eigenvalue weighted by Gasteiger charge is -2.17. The quantitative estimate of drug-likeness (QED) is 0.258. The third-order valence-corrected chi connectivity index (χ3v) is 5.72. The Morgan fingerprint density at radius 3 is 2.26 bits per heavy atom. The van der Waals surface area contributed by atoms with E-state index in [0.29, 0.717) is 16.5 Å². The molecular weight excluding hydrogens is 503 g/mol. The van der Waals surface area contributed by atoms with Crippen LogP contribution in [0.4, 0.5) is 11.4 Å². The highest BCUT2D eigenvalue weighted by atomic mass is 35.5. The van der Waals surface area contributed by atoms with Gasteiger partial charge in [-0.3, -0.25) is 9.59 Å². The van der Waals surface area contributed by atoms with Gasteiger partial charge in [0.25, 0.3) is 11.8 Å². The highest BCUT2D eigenvalue weighted by Gasteiger charge is 2.40. The molecule has 1 aliphatic rings. The fraction of sp³-hybridized carbons (Fsp3) is 0.0417. The maximum absolute atomic E-state index is 13.0. The van der Waals surface area contributed by atoms with Crippen LogP contribution in [-0.2, 0) is 9.59 Å². The molecule has 0 fully saturated rings. The average Bonchev–Trinajstić information content (AvgIpc) is 3.04. The largest absolute Gasteiger partial charge is 0.495 e. The molecule has 0 saturated heterocycles. The number of hydrogen-bond donors (Lipinski definition) is 1. The van der Waals surface area contributed by atoms with Gasteiger partial charge in [0.05, 0.1) is 23.4 Å². The van der Waals surface area contributed by atoms with Gasteiger partial charge < -0.3 is 14.8 Å². The first-order valence-electron chi connectivity index (χ1n) is 9.76. The molecule has 172 valence electrons. The number of benzene rings is 3. The Morgan fingerprint density at radius 2 is 1.59 bits per heavy atom. The predicted octanol–water partition coefficient (Wildman–Crippen LogP) is 5.66. The van der Waals surface area contributed by atoms with Crippen molar-refractivity contribution in [3.8, 4) is 11.5 Å². The van der Waals surface area contributed by atoms with Gasteiger partial charge in [-0.2, -0.15) is 0 Å². The van der Waals surface area contributed by atoms with Gasteiger partial charge in [0.2, 0.25) is 0 Å². The van der Waals surface area contributed by atoms with Crippen molar-refractivity contribution in [2.45, 2.75) is 0 Å². The van der Waals surface area contributed by atoms with Crippen LogP contribution in [0.3, 0.4) is 0 Å². The van der Waals surface area contributed by atoms with Crippen molar-refractivity contribution < 1.29 is 23.9 Å². The summed E-state index contributed by atoms with van der Waals surface area (Å²) in [5, 5.41) is 3.19. The molecule has 0 spiro atoms. The molecule has 3 aromatic carbocycles. The highest BCUT2D eigenvalue weighted by molar-refractivity contribution is 6.53. The van der Waals surface area contributed by atoms with E-state index in [1.807, 2.05) is 0 Å². The van der Waals surface area contributed by atoms with Crippen LogP contribution < -0.4 is 19.7 Å². The number of esters is 1. The van der Waals surface area contributed by atoms with Crippen LogP contribution in [0.1, 0.15) is 10.4 Å². The van der Waals surface area contributed by atoms with E-state index in [-0.39, 0.29) is 32.8 Å². The smallest absolute Gasteiger partial charge is 0.343 e. The van der Waals surface area contributed by atoms with Gasteiger partial charge in [-0.25, -0.2) is 9.69 Å². The number of ether oxygens (including phenoxy) is 2. The zero-order chi connectivity index (χ0) is 24.4. The van der Waals surface area contributed by atoms with Crippen molar-refractivity contribution in [1.29, 1.82) is 0 Å². The summed E-state index contributed by atoms with van der Waals surface area (Å²) in [7, 11) is 1.44. The molecule has 4 rings (SSSR count). The van der Waals surface area contributed by atoms with Gasteiger partial charge >= 0.3 is 5.97 Å². The zero-order valence-electron chi connectivity index (χ0n) is 17.5. The molecule has 2 amide bonds. The molecule has 0 saturated carbocycles. The molecule has 0 radical (unpaired) electrons. The summed E-state index contributed by atoms with van der Waals surface area (Å²) >= 11 is 18.1.